The van der Waals surface area contributed by atoms with E-state index in [4.69, 9.17) is 9.56 Å². The van der Waals surface area contributed by atoms with Crippen LogP contribution in [0.2, 0.25) is 0 Å². The van der Waals surface area contributed by atoms with E-state index >= 15 is 0 Å². The van der Waals surface area contributed by atoms with Crippen LogP contribution in [0.1, 0.15) is 40.1 Å². The van der Waals surface area contributed by atoms with Gasteiger partial charge in [-0.2, -0.15) is 0 Å². The lowest BCUT2D eigenvalue weighted by atomic mass is 10.2. The first-order valence-corrected chi connectivity index (χ1v) is 9.28. The van der Waals surface area contributed by atoms with Crippen LogP contribution >= 0.6 is 11.3 Å². The van der Waals surface area contributed by atoms with Gasteiger partial charge in [0.05, 0.1) is 6.04 Å². The van der Waals surface area contributed by atoms with Crippen molar-refractivity contribution >= 4 is 27.3 Å². The molecule has 1 saturated heterocycles. The Kier molecular flexibility index (Phi) is 3.84. The van der Waals surface area contributed by atoms with Crippen LogP contribution in [0.4, 0.5) is 0 Å². The molecule has 0 unspecified atom stereocenters. The predicted molar refractivity (Wildman–Crippen MR) is 82.1 cm³/mol. The molecule has 1 amide bonds. The molecule has 1 atom stereocenters. The molecule has 3 heterocycles. The Morgan fingerprint density at radius 1 is 1.50 bits per heavy atom. The number of hydrogen-bond donors (Lipinski definition) is 1. The van der Waals surface area contributed by atoms with Gasteiger partial charge in [0.25, 0.3) is 5.91 Å². The standard InChI is InChI=1S/C14H16N2O4S2/c1-9-13(22(15,18)19)8-11(20-9)14(17)16-6-2-4-10(16)12-5-3-7-21-12/h3,5,7-8,10H,2,4,6H2,1H3,(H2,15,18,19)/t10-/m1/s1. The van der Waals surface area contributed by atoms with E-state index < -0.39 is 10.0 Å². The molecule has 0 saturated carbocycles. The number of carbonyl (C=O) groups excluding carboxylic acids is 1. The predicted octanol–water partition coefficient (Wildman–Crippen LogP) is 2.27. The minimum Gasteiger partial charge on any atom is -0.455 e. The molecule has 8 heteroatoms. The summed E-state index contributed by atoms with van der Waals surface area (Å²) in [6.07, 6.45) is 1.81. The van der Waals surface area contributed by atoms with Crippen LogP contribution in [0, 0.1) is 6.92 Å². The van der Waals surface area contributed by atoms with Gasteiger partial charge < -0.3 is 9.32 Å². The van der Waals surface area contributed by atoms with E-state index in [0.717, 1.165) is 17.7 Å². The summed E-state index contributed by atoms with van der Waals surface area (Å²) in [6.45, 7) is 2.11. The summed E-state index contributed by atoms with van der Waals surface area (Å²) in [4.78, 5) is 15.4. The summed E-state index contributed by atoms with van der Waals surface area (Å²) in [5.74, 6) is -0.142. The number of amides is 1. The number of thiophene rings is 1. The average Bonchev–Trinajstić information content (AvgIpc) is 3.16. The molecule has 0 bridgehead atoms. The first-order chi connectivity index (χ1) is 10.4. The van der Waals surface area contributed by atoms with Crippen molar-refractivity contribution in [3.05, 3.63) is 40.0 Å². The lowest BCUT2D eigenvalue weighted by molar-refractivity contribution is 0.0704. The van der Waals surface area contributed by atoms with Crippen molar-refractivity contribution in [1.29, 1.82) is 0 Å². The molecule has 3 rings (SSSR count). The summed E-state index contributed by atoms with van der Waals surface area (Å²) in [6, 6.07) is 5.20. The summed E-state index contributed by atoms with van der Waals surface area (Å²) >= 11 is 1.61. The second-order valence-electron chi connectivity index (χ2n) is 5.25. The Morgan fingerprint density at radius 2 is 2.27 bits per heavy atom. The van der Waals surface area contributed by atoms with Crippen molar-refractivity contribution in [3.8, 4) is 0 Å². The highest BCUT2D eigenvalue weighted by Gasteiger charge is 2.33. The molecule has 0 aromatic carbocycles. The third kappa shape index (κ3) is 2.69. The SMILES string of the molecule is Cc1oc(C(=O)N2CCC[C@@H]2c2cccs2)cc1S(N)(=O)=O. The van der Waals surface area contributed by atoms with E-state index in [-0.39, 0.29) is 28.4 Å². The van der Waals surface area contributed by atoms with Crippen molar-refractivity contribution in [2.75, 3.05) is 6.54 Å². The lowest BCUT2D eigenvalue weighted by Crippen LogP contribution is -2.29. The van der Waals surface area contributed by atoms with E-state index in [0.29, 0.717) is 6.54 Å². The van der Waals surface area contributed by atoms with Gasteiger partial charge in [0.15, 0.2) is 5.76 Å². The molecule has 2 N–H and O–H groups in total. The molecule has 2 aromatic rings. The van der Waals surface area contributed by atoms with Gasteiger partial charge >= 0.3 is 0 Å². The van der Waals surface area contributed by atoms with Crippen molar-refractivity contribution < 1.29 is 17.6 Å². The summed E-state index contributed by atoms with van der Waals surface area (Å²) in [7, 11) is -3.89. The monoisotopic (exact) mass is 340 g/mol. The Balaban J connectivity index is 1.91. The Labute approximate surface area is 132 Å². The molecular weight excluding hydrogens is 324 g/mol. The molecule has 2 aromatic heterocycles. The average molecular weight is 340 g/mol. The van der Waals surface area contributed by atoms with Crippen molar-refractivity contribution in [3.63, 3.8) is 0 Å². The molecule has 1 aliphatic heterocycles. The van der Waals surface area contributed by atoms with Crippen LogP contribution in [0.3, 0.4) is 0 Å². The largest absolute Gasteiger partial charge is 0.455 e. The van der Waals surface area contributed by atoms with Crippen LogP contribution in [0.15, 0.2) is 32.9 Å². The number of primary sulfonamides is 1. The molecule has 118 valence electrons. The highest BCUT2D eigenvalue weighted by atomic mass is 32.2. The van der Waals surface area contributed by atoms with Gasteiger partial charge in [0, 0.05) is 17.5 Å². The molecule has 1 aliphatic rings. The summed E-state index contributed by atoms with van der Waals surface area (Å²) in [5, 5.41) is 7.10. The number of sulfonamides is 1. The molecule has 0 aliphatic carbocycles. The number of nitrogens with zero attached hydrogens (tertiary/aromatic N) is 1. The number of rotatable bonds is 3. The molecular formula is C14H16N2O4S2. The minimum atomic E-state index is -3.89. The fourth-order valence-corrected chi connectivity index (χ4v) is 4.37. The van der Waals surface area contributed by atoms with Crippen molar-refractivity contribution in [1.82, 2.24) is 4.90 Å². The first-order valence-electron chi connectivity index (χ1n) is 6.85. The number of hydrogen-bond acceptors (Lipinski definition) is 5. The van der Waals surface area contributed by atoms with Crippen LogP contribution in [0.25, 0.3) is 0 Å². The van der Waals surface area contributed by atoms with Crippen LogP contribution in [-0.2, 0) is 10.0 Å². The smallest absolute Gasteiger partial charge is 0.290 e. The van der Waals surface area contributed by atoms with Crippen LogP contribution < -0.4 is 5.14 Å². The first kappa shape index (κ1) is 15.3. The van der Waals surface area contributed by atoms with Gasteiger partial charge in [-0.1, -0.05) is 6.07 Å². The fraction of sp³-hybridized carbons (Fsp3) is 0.357. The lowest BCUT2D eigenvalue weighted by Gasteiger charge is -2.22. The maximum atomic E-state index is 12.6. The summed E-state index contributed by atoms with van der Waals surface area (Å²) in [5.41, 5.74) is 0. The van der Waals surface area contributed by atoms with E-state index in [9.17, 15) is 13.2 Å². The van der Waals surface area contributed by atoms with E-state index in [1.807, 2.05) is 17.5 Å². The molecule has 0 spiro atoms. The highest BCUT2D eigenvalue weighted by molar-refractivity contribution is 7.89. The van der Waals surface area contributed by atoms with Gasteiger partial charge in [-0.25, -0.2) is 13.6 Å². The quantitative estimate of drug-likeness (QED) is 0.927. The van der Waals surface area contributed by atoms with E-state index in [1.165, 1.54) is 13.0 Å². The third-order valence-electron chi connectivity index (χ3n) is 3.77. The zero-order chi connectivity index (χ0) is 15.9. The number of nitrogens with two attached hydrogens (primary N) is 1. The van der Waals surface area contributed by atoms with Crippen LogP contribution in [-0.4, -0.2) is 25.8 Å². The molecule has 22 heavy (non-hydrogen) atoms. The van der Waals surface area contributed by atoms with Gasteiger partial charge in [-0.05, 0) is 31.2 Å². The number of carbonyl (C=O) groups is 1. The van der Waals surface area contributed by atoms with Gasteiger partial charge in [-0.3, -0.25) is 4.79 Å². The van der Waals surface area contributed by atoms with Crippen molar-refractivity contribution in [2.24, 2.45) is 5.14 Å². The number of aryl methyl sites for hydroxylation is 1. The maximum Gasteiger partial charge on any atom is 0.290 e. The molecule has 1 fully saturated rings. The number of furan rings is 1. The zero-order valence-electron chi connectivity index (χ0n) is 12.0. The van der Waals surface area contributed by atoms with E-state index in [2.05, 4.69) is 0 Å². The second-order valence-corrected chi connectivity index (χ2v) is 7.76. The third-order valence-corrected chi connectivity index (χ3v) is 5.77. The normalized spacial score (nSPS) is 18.8. The van der Waals surface area contributed by atoms with E-state index in [1.54, 1.807) is 16.2 Å². The zero-order valence-corrected chi connectivity index (χ0v) is 13.6. The van der Waals surface area contributed by atoms with Gasteiger partial charge in [0.2, 0.25) is 10.0 Å². The molecule has 0 radical (unpaired) electrons. The Morgan fingerprint density at radius 3 is 2.86 bits per heavy atom. The minimum absolute atomic E-state index is 0.0185. The van der Waals surface area contributed by atoms with Gasteiger partial charge in [-0.15, -0.1) is 11.3 Å². The highest BCUT2D eigenvalue weighted by Crippen LogP contribution is 2.36. The Bertz CT molecular complexity index is 793. The van der Waals surface area contributed by atoms with Gasteiger partial charge in [0.1, 0.15) is 10.7 Å². The fourth-order valence-electron chi connectivity index (χ4n) is 2.78. The number of likely N-dealkylation sites (tertiary alicyclic amines) is 1. The summed E-state index contributed by atoms with van der Waals surface area (Å²) < 4.78 is 28.2. The topological polar surface area (TPSA) is 93.6 Å². The second kappa shape index (κ2) is 5.53. The Hall–Kier alpha value is -1.64. The van der Waals surface area contributed by atoms with Crippen LogP contribution in [0.5, 0.6) is 0 Å². The molecule has 6 nitrogen and oxygen atoms in total. The maximum absolute atomic E-state index is 12.6. The van der Waals surface area contributed by atoms with Crippen molar-refractivity contribution in [2.45, 2.75) is 30.7 Å².